The average molecular weight is 584 g/mol. The number of nitrogens with zero attached hydrogens (tertiary/aromatic N) is 6. The first-order valence-corrected chi connectivity index (χ1v) is 15.7. The summed E-state index contributed by atoms with van der Waals surface area (Å²) in [5.41, 5.74) is 14.1. The second-order valence-corrected chi connectivity index (χ2v) is 11.2. The Morgan fingerprint density at radius 2 is 1.64 bits per heavy atom. The van der Waals surface area contributed by atoms with E-state index in [9.17, 15) is 0 Å². The van der Waals surface area contributed by atoms with Gasteiger partial charge < -0.3 is 10.6 Å². The number of rotatable bonds is 6. The van der Waals surface area contributed by atoms with Crippen LogP contribution in [0.2, 0.25) is 0 Å². The summed E-state index contributed by atoms with van der Waals surface area (Å²) in [5, 5.41) is 0. The number of piperidine rings is 1. The van der Waals surface area contributed by atoms with Crippen LogP contribution in [0.4, 0.5) is 5.82 Å². The zero-order valence-corrected chi connectivity index (χ0v) is 25.7. The highest BCUT2D eigenvalue weighted by atomic mass is 15.2. The number of allylic oxidation sites excluding steroid dienone is 1. The molecule has 224 valence electrons. The van der Waals surface area contributed by atoms with Crippen LogP contribution in [-0.2, 0) is 6.54 Å². The van der Waals surface area contributed by atoms with Crippen molar-refractivity contribution < 1.29 is 0 Å². The van der Waals surface area contributed by atoms with Crippen molar-refractivity contribution in [1.82, 2.24) is 29.3 Å². The molecule has 1 saturated heterocycles. The Hall–Kier alpha value is -4.75. The summed E-state index contributed by atoms with van der Waals surface area (Å²) in [6.45, 7) is 12.5. The number of aromatic nitrogens is 4. The highest BCUT2D eigenvalue weighted by molar-refractivity contribution is 5.84. The van der Waals surface area contributed by atoms with Crippen molar-refractivity contribution in [3.63, 3.8) is 0 Å². The van der Waals surface area contributed by atoms with E-state index in [-0.39, 0.29) is 0 Å². The maximum atomic E-state index is 6.33. The molecule has 44 heavy (non-hydrogen) atoms. The van der Waals surface area contributed by atoms with Gasteiger partial charge >= 0.3 is 0 Å². The highest BCUT2D eigenvalue weighted by Crippen LogP contribution is 2.32. The molecule has 7 rings (SSSR count). The van der Waals surface area contributed by atoms with Crippen LogP contribution in [0.15, 0.2) is 109 Å². The minimum absolute atomic E-state index is 0.446. The highest BCUT2D eigenvalue weighted by Gasteiger charge is 2.26. The summed E-state index contributed by atoms with van der Waals surface area (Å²) in [5.74, 6) is 1.18. The van der Waals surface area contributed by atoms with Crippen LogP contribution >= 0.6 is 0 Å². The van der Waals surface area contributed by atoms with E-state index in [0.717, 1.165) is 72.1 Å². The molecule has 0 radical (unpaired) electrons. The topological polar surface area (TPSA) is 76.1 Å². The van der Waals surface area contributed by atoms with Crippen molar-refractivity contribution in [3.8, 4) is 28.3 Å². The molecule has 1 fully saturated rings. The first-order valence-electron chi connectivity index (χ1n) is 15.7. The minimum atomic E-state index is 0.446. The Morgan fingerprint density at radius 3 is 2.36 bits per heavy atom. The van der Waals surface area contributed by atoms with Gasteiger partial charge in [-0.25, -0.2) is 15.0 Å². The fraction of sp³-hybridized carbons (Fsp3) is 0.270. The molecule has 0 amide bonds. The standard InChI is InChI=1S/C35H35N7.C2H6/c1-25-8-5-6-21-41(25)28-18-22-40(23-19-28)24-26-12-14-29(15-13-26)42-34(30-11-7-20-37-33(30)36)39-32-17-16-31(38-35(32)42)27-9-3-2-4-10-27;1-2/h2-5,7-17,20,28H,1,6,18-19,21-24H2,(H2,36,37);1-2H3. The summed E-state index contributed by atoms with van der Waals surface area (Å²) in [7, 11) is 0. The third-order valence-electron chi connectivity index (χ3n) is 8.47. The maximum absolute atomic E-state index is 6.33. The van der Waals surface area contributed by atoms with Gasteiger partial charge in [-0.3, -0.25) is 9.47 Å². The van der Waals surface area contributed by atoms with Crippen LogP contribution in [0, 0.1) is 0 Å². The van der Waals surface area contributed by atoms with Crippen molar-refractivity contribution in [2.24, 2.45) is 0 Å². The summed E-state index contributed by atoms with van der Waals surface area (Å²) < 4.78 is 2.10. The lowest BCUT2D eigenvalue weighted by Crippen LogP contribution is -2.44. The second kappa shape index (κ2) is 13.3. The Balaban J connectivity index is 0.00000168. The second-order valence-electron chi connectivity index (χ2n) is 11.2. The molecule has 2 aromatic carbocycles. The van der Waals surface area contributed by atoms with Gasteiger partial charge in [0.25, 0.3) is 0 Å². The maximum Gasteiger partial charge on any atom is 0.165 e. The van der Waals surface area contributed by atoms with Gasteiger partial charge in [0.1, 0.15) is 11.3 Å². The fourth-order valence-electron chi connectivity index (χ4n) is 6.25. The van der Waals surface area contributed by atoms with Crippen LogP contribution < -0.4 is 5.73 Å². The zero-order valence-electron chi connectivity index (χ0n) is 25.7. The van der Waals surface area contributed by atoms with E-state index in [0.29, 0.717) is 11.9 Å². The van der Waals surface area contributed by atoms with E-state index in [4.69, 9.17) is 15.7 Å². The van der Waals surface area contributed by atoms with E-state index in [1.54, 1.807) is 6.20 Å². The minimum Gasteiger partial charge on any atom is -0.383 e. The molecule has 3 aromatic heterocycles. The molecule has 0 bridgehead atoms. The van der Waals surface area contributed by atoms with Gasteiger partial charge in [-0.2, -0.15) is 0 Å². The fourth-order valence-corrected chi connectivity index (χ4v) is 6.25. The van der Waals surface area contributed by atoms with E-state index >= 15 is 0 Å². The van der Waals surface area contributed by atoms with Gasteiger partial charge in [0.2, 0.25) is 0 Å². The van der Waals surface area contributed by atoms with Gasteiger partial charge in [0.05, 0.1) is 11.3 Å². The smallest absolute Gasteiger partial charge is 0.165 e. The quantitative estimate of drug-likeness (QED) is 0.223. The van der Waals surface area contributed by atoms with Gasteiger partial charge in [-0.15, -0.1) is 0 Å². The number of hydrogen-bond donors (Lipinski definition) is 1. The van der Waals surface area contributed by atoms with E-state index in [1.807, 2.05) is 56.3 Å². The number of pyridine rings is 2. The van der Waals surface area contributed by atoms with E-state index in [1.165, 1.54) is 24.1 Å². The number of likely N-dealkylation sites (tertiary alicyclic amines) is 1. The molecule has 2 aliphatic heterocycles. The lowest BCUT2D eigenvalue weighted by atomic mass is 10.00. The van der Waals surface area contributed by atoms with Crippen LogP contribution in [0.3, 0.4) is 0 Å². The number of imidazole rings is 1. The summed E-state index contributed by atoms with van der Waals surface area (Å²) in [4.78, 5) is 19.5. The normalized spacial score (nSPS) is 15.8. The van der Waals surface area contributed by atoms with Crippen LogP contribution in [-0.4, -0.2) is 55.0 Å². The largest absolute Gasteiger partial charge is 0.383 e. The SMILES string of the molecule is C=C1C=CCCN1C1CCN(Cc2ccc(-n3c(-c4cccnc4N)nc4ccc(-c5ccccc5)nc43)cc2)CC1.CC. The summed E-state index contributed by atoms with van der Waals surface area (Å²) >= 11 is 0. The van der Waals surface area contributed by atoms with Gasteiger partial charge in [-0.05, 0) is 67.3 Å². The third kappa shape index (κ3) is 6.01. The molecular weight excluding hydrogens is 542 g/mol. The van der Waals surface area contributed by atoms with Crippen molar-refractivity contribution in [1.29, 1.82) is 0 Å². The van der Waals surface area contributed by atoms with Crippen molar-refractivity contribution in [2.75, 3.05) is 25.4 Å². The average Bonchev–Trinajstić information content (AvgIpc) is 3.46. The molecule has 7 nitrogen and oxygen atoms in total. The lowest BCUT2D eigenvalue weighted by molar-refractivity contribution is 0.130. The van der Waals surface area contributed by atoms with Crippen LogP contribution in [0.1, 0.15) is 38.7 Å². The monoisotopic (exact) mass is 583 g/mol. The Morgan fingerprint density at radius 1 is 0.864 bits per heavy atom. The van der Waals surface area contributed by atoms with Gasteiger partial charge in [0, 0.05) is 55.4 Å². The predicted octanol–water partition coefficient (Wildman–Crippen LogP) is 7.50. The van der Waals surface area contributed by atoms with Gasteiger partial charge in [-0.1, -0.05) is 69.0 Å². The Labute approximate surface area is 260 Å². The number of benzene rings is 2. The molecule has 0 unspecified atom stereocenters. The first kappa shape index (κ1) is 29.3. The summed E-state index contributed by atoms with van der Waals surface area (Å²) in [6, 6.07) is 27.5. The van der Waals surface area contributed by atoms with E-state index < -0.39 is 0 Å². The molecule has 0 atom stereocenters. The molecule has 2 aliphatic rings. The molecular formula is C37H41N7. The first-order chi connectivity index (χ1) is 21.6. The molecule has 5 heterocycles. The molecule has 7 heteroatoms. The molecule has 0 aliphatic carbocycles. The number of anilines is 1. The number of hydrogen-bond acceptors (Lipinski definition) is 6. The van der Waals surface area contributed by atoms with Crippen LogP contribution in [0.25, 0.3) is 39.5 Å². The Kier molecular flexibility index (Phi) is 8.84. The third-order valence-corrected chi connectivity index (χ3v) is 8.47. The predicted molar refractivity (Wildman–Crippen MR) is 181 cm³/mol. The molecule has 0 saturated carbocycles. The van der Waals surface area contributed by atoms with Crippen molar-refractivity contribution >= 4 is 17.0 Å². The Bertz CT molecular complexity index is 1750. The molecule has 5 aromatic rings. The number of nitrogens with two attached hydrogens (primary N) is 1. The van der Waals surface area contributed by atoms with Crippen molar-refractivity contribution in [2.45, 2.75) is 45.7 Å². The number of nitrogen functional groups attached to an aromatic ring is 1. The summed E-state index contributed by atoms with van der Waals surface area (Å²) in [6.07, 6.45) is 9.59. The number of fused-ring (bicyclic) bond motifs is 1. The van der Waals surface area contributed by atoms with Crippen molar-refractivity contribution in [3.05, 3.63) is 115 Å². The lowest BCUT2D eigenvalue weighted by Gasteiger charge is -2.41. The molecule has 0 spiro atoms. The molecule has 2 N–H and O–H groups in total. The van der Waals surface area contributed by atoms with Crippen LogP contribution in [0.5, 0.6) is 0 Å². The zero-order chi connectivity index (χ0) is 30.5. The van der Waals surface area contributed by atoms with Gasteiger partial charge in [0.15, 0.2) is 11.5 Å². The van der Waals surface area contributed by atoms with E-state index in [2.05, 4.69) is 74.5 Å².